The Bertz CT molecular complexity index is 445. The molecular formula is C17H32N4. The van der Waals surface area contributed by atoms with Crippen LogP contribution in [-0.4, -0.2) is 22.1 Å². The zero-order chi connectivity index (χ0) is 16.1. The van der Waals surface area contributed by atoms with E-state index in [4.69, 9.17) is 4.98 Å². The van der Waals surface area contributed by atoms with E-state index >= 15 is 0 Å². The van der Waals surface area contributed by atoms with Gasteiger partial charge in [0, 0.05) is 23.6 Å². The maximum atomic E-state index is 4.73. The maximum Gasteiger partial charge on any atom is 0.138 e. The van der Waals surface area contributed by atoms with Gasteiger partial charge in [0.2, 0.25) is 0 Å². The van der Waals surface area contributed by atoms with Gasteiger partial charge in [0.25, 0.3) is 0 Å². The highest BCUT2D eigenvalue weighted by molar-refractivity contribution is 5.49. The molecule has 4 nitrogen and oxygen atoms in total. The van der Waals surface area contributed by atoms with Crippen molar-refractivity contribution in [1.29, 1.82) is 0 Å². The quantitative estimate of drug-likeness (QED) is 0.772. The van der Waals surface area contributed by atoms with Crippen LogP contribution in [0.5, 0.6) is 0 Å². The highest BCUT2D eigenvalue weighted by Crippen LogP contribution is 2.26. The van der Waals surface area contributed by atoms with Crippen LogP contribution in [0.15, 0.2) is 6.07 Å². The van der Waals surface area contributed by atoms with Gasteiger partial charge in [-0.1, -0.05) is 41.5 Å². The SMILES string of the molecule is CCCNc1cc(NC(C)(CC)CC)nc(C(C)(C)C)n1. The predicted octanol–water partition coefficient (Wildman–Crippen LogP) is 4.59. The molecule has 1 aromatic heterocycles. The molecule has 4 heteroatoms. The molecular weight excluding hydrogens is 260 g/mol. The van der Waals surface area contributed by atoms with E-state index in [0.29, 0.717) is 0 Å². The topological polar surface area (TPSA) is 49.8 Å². The molecule has 21 heavy (non-hydrogen) atoms. The van der Waals surface area contributed by atoms with Gasteiger partial charge in [0.1, 0.15) is 17.5 Å². The minimum atomic E-state index is -0.0604. The lowest BCUT2D eigenvalue weighted by atomic mass is 9.94. The molecule has 0 spiro atoms. The third-order valence-electron chi connectivity index (χ3n) is 3.94. The largest absolute Gasteiger partial charge is 0.370 e. The van der Waals surface area contributed by atoms with Gasteiger partial charge >= 0.3 is 0 Å². The van der Waals surface area contributed by atoms with E-state index in [9.17, 15) is 0 Å². The van der Waals surface area contributed by atoms with Crippen molar-refractivity contribution in [2.45, 2.75) is 78.7 Å². The third kappa shape index (κ3) is 5.18. The van der Waals surface area contributed by atoms with Gasteiger partial charge in [0.05, 0.1) is 0 Å². The van der Waals surface area contributed by atoms with Crippen molar-refractivity contribution in [2.75, 3.05) is 17.2 Å². The van der Waals surface area contributed by atoms with Crippen molar-refractivity contribution in [3.05, 3.63) is 11.9 Å². The first kappa shape index (κ1) is 17.7. The Morgan fingerprint density at radius 2 is 1.52 bits per heavy atom. The smallest absolute Gasteiger partial charge is 0.138 e. The Morgan fingerprint density at radius 1 is 0.952 bits per heavy atom. The highest BCUT2D eigenvalue weighted by Gasteiger charge is 2.23. The second-order valence-corrected chi connectivity index (χ2v) is 7.03. The first-order valence-electron chi connectivity index (χ1n) is 8.15. The number of nitrogens with zero attached hydrogens (tertiary/aromatic N) is 2. The maximum absolute atomic E-state index is 4.73. The van der Waals surface area contributed by atoms with Crippen LogP contribution in [0, 0.1) is 0 Å². The number of aromatic nitrogens is 2. The van der Waals surface area contributed by atoms with Crippen molar-refractivity contribution in [2.24, 2.45) is 0 Å². The van der Waals surface area contributed by atoms with E-state index in [1.165, 1.54) is 0 Å². The minimum Gasteiger partial charge on any atom is -0.370 e. The van der Waals surface area contributed by atoms with Crippen LogP contribution >= 0.6 is 0 Å². The molecule has 1 aromatic rings. The van der Waals surface area contributed by atoms with E-state index < -0.39 is 0 Å². The van der Waals surface area contributed by atoms with E-state index in [0.717, 1.165) is 43.3 Å². The molecule has 0 aromatic carbocycles. The van der Waals surface area contributed by atoms with Gasteiger partial charge in [-0.3, -0.25) is 0 Å². The zero-order valence-corrected chi connectivity index (χ0v) is 14.8. The second-order valence-electron chi connectivity index (χ2n) is 7.03. The lowest BCUT2D eigenvalue weighted by molar-refractivity contribution is 0.474. The van der Waals surface area contributed by atoms with Crippen molar-refractivity contribution in [1.82, 2.24) is 9.97 Å². The standard InChI is InChI=1S/C17H32N4/c1-8-11-18-13-12-14(21-17(7,9-2)10-3)20-15(19-13)16(4,5)6/h12H,8-11H2,1-7H3,(H2,18,19,20,21). The van der Waals surface area contributed by atoms with E-state index in [2.05, 4.69) is 64.1 Å². The molecule has 0 fully saturated rings. The number of rotatable bonds is 7. The number of hydrogen-bond donors (Lipinski definition) is 2. The number of hydrogen-bond acceptors (Lipinski definition) is 4. The van der Waals surface area contributed by atoms with Gasteiger partial charge < -0.3 is 10.6 Å². The Morgan fingerprint density at radius 3 is 2.00 bits per heavy atom. The van der Waals surface area contributed by atoms with Gasteiger partial charge in [-0.15, -0.1) is 0 Å². The molecule has 0 radical (unpaired) electrons. The van der Waals surface area contributed by atoms with Crippen LogP contribution in [0.3, 0.4) is 0 Å². The molecule has 1 rings (SSSR count). The fourth-order valence-electron chi connectivity index (χ4n) is 1.93. The highest BCUT2D eigenvalue weighted by atomic mass is 15.1. The van der Waals surface area contributed by atoms with Crippen molar-refractivity contribution in [3.8, 4) is 0 Å². The van der Waals surface area contributed by atoms with Gasteiger partial charge in [-0.25, -0.2) is 9.97 Å². The third-order valence-corrected chi connectivity index (χ3v) is 3.94. The summed E-state index contributed by atoms with van der Waals surface area (Å²) < 4.78 is 0. The minimum absolute atomic E-state index is 0.0604. The molecule has 0 unspecified atom stereocenters. The Labute approximate surface area is 130 Å². The Balaban J connectivity index is 3.12. The van der Waals surface area contributed by atoms with Gasteiger partial charge in [-0.05, 0) is 26.2 Å². The van der Waals surface area contributed by atoms with Crippen molar-refractivity contribution >= 4 is 11.6 Å². The molecule has 1 heterocycles. The summed E-state index contributed by atoms with van der Waals surface area (Å²) in [7, 11) is 0. The first-order valence-corrected chi connectivity index (χ1v) is 8.15. The van der Waals surface area contributed by atoms with Crippen molar-refractivity contribution < 1.29 is 0 Å². The zero-order valence-electron chi connectivity index (χ0n) is 14.8. The normalized spacial score (nSPS) is 12.3. The van der Waals surface area contributed by atoms with Gasteiger partial charge in [-0.2, -0.15) is 0 Å². The van der Waals surface area contributed by atoms with Crippen LogP contribution in [-0.2, 0) is 5.41 Å². The predicted molar refractivity (Wildman–Crippen MR) is 92.1 cm³/mol. The average Bonchev–Trinajstić information content (AvgIpc) is 2.43. The summed E-state index contributed by atoms with van der Waals surface area (Å²) in [4.78, 5) is 9.39. The number of nitrogens with one attached hydrogen (secondary N) is 2. The van der Waals surface area contributed by atoms with Crippen LogP contribution in [0.2, 0.25) is 0 Å². The molecule has 0 aliphatic rings. The Hall–Kier alpha value is -1.32. The molecule has 0 aliphatic carbocycles. The lowest BCUT2D eigenvalue weighted by Gasteiger charge is -2.30. The van der Waals surface area contributed by atoms with E-state index in [1.807, 2.05) is 6.07 Å². The summed E-state index contributed by atoms with van der Waals surface area (Å²) in [6.45, 7) is 16.2. The first-order chi connectivity index (χ1) is 9.74. The molecule has 0 aliphatic heterocycles. The summed E-state index contributed by atoms with van der Waals surface area (Å²) in [5.41, 5.74) is 0.0146. The average molecular weight is 292 g/mol. The van der Waals surface area contributed by atoms with Crippen molar-refractivity contribution in [3.63, 3.8) is 0 Å². The van der Waals surface area contributed by atoms with E-state index in [-0.39, 0.29) is 11.0 Å². The number of anilines is 2. The fourth-order valence-corrected chi connectivity index (χ4v) is 1.93. The van der Waals surface area contributed by atoms with E-state index in [1.54, 1.807) is 0 Å². The second kappa shape index (κ2) is 7.10. The molecule has 0 atom stereocenters. The summed E-state index contributed by atoms with van der Waals surface area (Å²) >= 11 is 0. The Kier molecular flexibility index (Phi) is 5.99. The molecule has 0 saturated heterocycles. The summed E-state index contributed by atoms with van der Waals surface area (Å²) in [5, 5.41) is 6.97. The van der Waals surface area contributed by atoms with Gasteiger partial charge in [0.15, 0.2) is 0 Å². The molecule has 120 valence electrons. The summed E-state index contributed by atoms with van der Waals surface area (Å²) in [5.74, 6) is 2.70. The summed E-state index contributed by atoms with van der Waals surface area (Å²) in [6, 6.07) is 2.02. The molecule has 0 bridgehead atoms. The van der Waals surface area contributed by atoms with Crippen LogP contribution in [0.4, 0.5) is 11.6 Å². The molecule has 0 amide bonds. The molecule has 0 saturated carbocycles. The summed E-state index contributed by atoms with van der Waals surface area (Å²) in [6.07, 6.45) is 3.21. The van der Waals surface area contributed by atoms with Crippen LogP contribution < -0.4 is 10.6 Å². The molecule has 2 N–H and O–H groups in total. The van der Waals surface area contributed by atoms with Crippen LogP contribution in [0.1, 0.15) is 73.6 Å². The lowest BCUT2D eigenvalue weighted by Crippen LogP contribution is -2.34. The van der Waals surface area contributed by atoms with Crippen LogP contribution in [0.25, 0.3) is 0 Å². The fraction of sp³-hybridized carbons (Fsp3) is 0.765. The monoisotopic (exact) mass is 292 g/mol.